The summed E-state index contributed by atoms with van der Waals surface area (Å²) in [5, 5.41) is 0. The number of nitrogen functional groups attached to an aromatic ring is 1. The van der Waals surface area contributed by atoms with E-state index in [9.17, 15) is 4.39 Å². The number of benzene rings is 2. The molecule has 21 heavy (non-hydrogen) atoms. The molecule has 0 fully saturated rings. The fraction of sp³-hybridized carbons (Fsp3) is 0.235. The molecule has 0 aliphatic rings. The van der Waals surface area contributed by atoms with Gasteiger partial charge in [-0.05, 0) is 49.2 Å². The van der Waals surface area contributed by atoms with Gasteiger partial charge in [0.05, 0.1) is 5.52 Å². The fourth-order valence-electron chi connectivity index (χ4n) is 2.60. The molecule has 3 aromatic rings. The van der Waals surface area contributed by atoms with Gasteiger partial charge < -0.3 is 10.3 Å². The number of aryl methyl sites for hydroxylation is 2. The summed E-state index contributed by atoms with van der Waals surface area (Å²) in [5.74, 6) is 0.510. The third-order valence-electron chi connectivity index (χ3n) is 3.70. The van der Waals surface area contributed by atoms with Crippen molar-refractivity contribution in [1.82, 2.24) is 9.55 Å². The van der Waals surface area contributed by atoms with E-state index in [1.807, 2.05) is 31.2 Å². The second-order valence-corrected chi connectivity index (χ2v) is 5.27. The molecule has 3 nitrogen and oxygen atoms in total. The zero-order chi connectivity index (χ0) is 15.0. The average Bonchev–Trinajstić information content (AvgIpc) is 2.83. The molecular formula is C17H18FN3. The maximum atomic E-state index is 14.0. The Labute approximate surface area is 123 Å². The summed E-state index contributed by atoms with van der Waals surface area (Å²) in [5.41, 5.74) is 9.86. The molecule has 2 N–H and O–H groups in total. The molecule has 0 aliphatic heterocycles. The minimum Gasteiger partial charge on any atom is -0.399 e. The maximum absolute atomic E-state index is 14.0. The Balaban J connectivity index is 2.27. The molecule has 0 amide bonds. The van der Waals surface area contributed by atoms with Crippen LogP contribution in [-0.4, -0.2) is 9.55 Å². The second-order valence-electron chi connectivity index (χ2n) is 5.27. The quantitative estimate of drug-likeness (QED) is 0.734. The summed E-state index contributed by atoms with van der Waals surface area (Å²) in [6, 6.07) is 10.9. The Hall–Kier alpha value is -2.36. The van der Waals surface area contributed by atoms with Crippen LogP contribution in [0, 0.1) is 12.7 Å². The fourth-order valence-corrected chi connectivity index (χ4v) is 2.60. The van der Waals surface area contributed by atoms with Crippen LogP contribution < -0.4 is 5.73 Å². The molecule has 1 aromatic heterocycles. The Bertz CT molecular complexity index is 805. The minimum atomic E-state index is -0.282. The van der Waals surface area contributed by atoms with Gasteiger partial charge in [0, 0.05) is 17.8 Å². The van der Waals surface area contributed by atoms with Crippen LogP contribution >= 0.6 is 0 Å². The van der Waals surface area contributed by atoms with Gasteiger partial charge in [0.2, 0.25) is 0 Å². The van der Waals surface area contributed by atoms with E-state index in [0.29, 0.717) is 5.52 Å². The highest BCUT2D eigenvalue weighted by atomic mass is 19.1. The number of rotatable bonds is 3. The molecule has 0 unspecified atom stereocenters. The maximum Gasteiger partial charge on any atom is 0.151 e. The highest BCUT2D eigenvalue weighted by Crippen LogP contribution is 2.28. The van der Waals surface area contributed by atoms with E-state index in [1.54, 1.807) is 6.07 Å². The number of para-hydroxylation sites is 1. The first kappa shape index (κ1) is 13.6. The van der Waals surface area contributed by atoms with Crippen molar-refractivity contribution in [1.29, 1.82) is 0 Å². The van der Waals surface area contributed by atoms with Crippen LogP contribution in [0.25, 0.3) is 22.4 Å². The molecule has 3 rings (SSSR count). The number of hydrogen-bond acceptors (Lipinski definition) is 2. The van der Waals surface area contributed by atoms with Gasteiger partial charge in [-0.3, -0.25) is 0 Å². The molecule has 0 aliphatic carbocycles. The lowest BCUT2D eigenvalue weighted by Gasteiger charge is -2.09. The van der Waals surface area contributed by atoms with E-state index in [-0.39, 0.29) is 5.82 Å². The van der Waals surface area contributed by atoms with Crippen LogP contribution in [0.4, 0.5) is 10.1 Å². The minimum absolute atomic E-state index is 0.282. The third-order valence-corrected chi connectivity index (χ3v) is 3.70. The number of anilines is 1. The number of nitrogens with zero attached hydrogens (tertiary/aromatic N) is 2. The van der Waals surface area contributed by atoms with Crippen LogP contribution in [0.5, 0.6) is 0 Å². The number of nitrogens with two attached hydrogens (primary N) is 1. The number of halogens is 1. The number of imidazole rings is 1. The molecular weight excluding hydrogens is 265 g/mol. The molecule has 108 valence electrons. The van der Waals surface area contributed by atoms with Crippen molar-refractivity contribution in [2.24, 2.45) is 0 Å². The van der Waals surface area contributed by atoms with E-state index in [1.165, 1.54) is 6.07 Å². The Kier molecular flexibility index (Phi) is 3.37. The van der Waals surface area contributed by atoms with E-state index in [0.717, 1.165) is 41.1 Å². The van der Waals surface area contributed by atoms with E-state index < -0.39 is 0 Å². The van der Waals surface area contributed by atoms with Crippen molar-refractivity contribution < 1.29 is 4.39 Å². The Morgan fingerprint density at radius 1 is 1.24 bits per heavy atom. The monoisotopic (exact) mass is 283 g/mol. The van der Waals surface area contributed by atoms with Crippen molar-refractivity contribution in [3.05, 3.63) is 47.8 Å². The molecule has 0 saturated carbocycles. The van der Waals surface area contributed by atoms with Gasteiger partial charge in [-0.15, -0.1) is 0 Å². The van der Waals surface area contributed by atoms with Crippen LogP contribution in [0.1, 0.15) is 18.9 Å². The topological polar surface area (TPSA) is 43.8 Å². The summed E-state index contributed by atoms with van der Waals surface area (Å²) in [6.45, 7) is 4.87. The first-order valence-electron chi connectivity index (χ1n) is 7.13. The van der Waals surface area contributed by atoms with Crippen molar-refractivity contribution in [3.63, 3.8) is 0 Å². The predicted molar refractivity (Wildman–Crippen MR) is 84.6 cm³/mol. The van der Waals surface area contributed by atoms with Crippen LogP contribution in [-0.2, 0) is 6.54 Å². The molecule has 0 saturated heterocycles. The molecule has 4 heteroatoms. The Morgan fingerprint density at radius 3 is 2.76 bits per heavy atom. The SMILES string of the molecule is CCCn1c(-c2ccc(N)c(C)c2)nc2c(F)cccc21. The smallest absolute Gasteiger partial charge is 0.151 e. The van der Waals surface area contributed by atoms with Gasteiger partial charge in [0.15, 0.2) is 5.82 Å². The molecule has 0 spiro atoms. The second kappa shape index (κ2) is 5.20. The summed E-state index contributed by atoms with van der Waals surface area (Å²) < 4.78 is 16.1. The van der Waals surface area contributed by atoms with E-state index in [4.69, 9.17) is 5.73 Å². The van der Waals surface area contributed by atoms with Crippen LogP contribution in [0.3, 0.4) is 0 Å². The van der Waals surface area contributed by atoms with Gasteiger partial charge in [0.25, 0.3) is 0 Å². The lowest BCUT2D eigenvalue weighted by molar-refractivity contribution is 0.637. The predicted octanol–water partition coefficient (Wildman–Crippen LogP) is 4.14. The first-order chi connectivity index (χ1) is 10.1. The summed E-state index contributed by atoms with van der Waals surface area (Å²) >= 11 is 0. The van der Waals surface area contributed by atoms with Gasteiger partial charge in [0.1, 0.15) is 11.3 Å². The van der Waals surface area contributed by atoms with E-state index >= 15 is 0 Å². The van der Waals surface area contributed by atoms with Gasteiger partial charge in [-0.25, -0.2) is 9.37 Å². The standard InChI is InChI=1S/C17H18FN3/c1-3-9-21-15-6-4-5-13(18)16(15)20-17(21)12-7-8-14(19)11(2)10-12/h4-8,10H,3,9,19H2,1-2H3. The zero-order valence-corrected chi connectivity index (χ0v) is 12.2. The van der Waals surface area contributed by atoms with Gasteiger partial charge >= 0.3 is 0 Å². The lowest BCUT2D eigenvalue weighted by Crippen LogP contribution is -2.00. The lowest BCUT2D eigenvalue weighted by atomic mass is 10.1. The normalized spacial score (nSPS) is 11.2. The summed E-state index contributed by atoms with van der Waals surface area (Å²) in [7, 11) is 0. The summed E-state index contributed by atoms with van der Waals surface area (Å²) in [6.07, 6.45) is 0.961. The van der Waals surface area contributed by atoms with Crippen molar-refractivity contribution in [3.8, 4) is 11.4 Å². The average molecular weight is 283 g/mol. The largest absolute Gasteiger partial charge is 0.399 e. The highest BCUT2D eigenvalue weighted by Gasteiger charge is 2.15. The molecule has 0 radical (unpaired) electrons. The van der Waals surface area contributed by atoms with Crippen LogP contribution in [0.2, 0.25) is 0 Å². The molecule has 0 atom stereocenters. The first-order valence-corrected chi connectivity index (χ1v) is 7.13. The van der Waals surface area contributed by atoms with Crippen molar-refractivity contribution in [2.75, 3.05) is 5.73 Å². The van der Waals surface area contributed by atoms with Crippen molar-refractivity contribution >= 4 is 16.7 Å². The Morgan fingerprint density at radius 2 is 2.05 bits per heavy atom. The number of hydrogen-bond donors (Lipinski definition) is 1. The van der Waals surface area contributed by atoms with E-state index in [2.05, 4.69) is 16.5 Å². The van der Waals surface area contributed by atoms with Crippen LogP contribution in [0.15, 0.2) is 36.4 Å². The highest BCUT2D eigenvalue weighted by molar-refractivity contribution is 5.81. The summed E-state index contributed by atoms with van der Waals surface area (Å²) in [4.78, 5) is 4.52. The molecule has 1 heterocycles. The number of aromatic nitrogens is 2. The number of fused-ring (bicyclic) bond motifs is 1. The van der Waals surface area contributed by atoms with Gasteiger partial charge in [-0.2, -0.15) is 0 Å². The van der Waals surface area contributed by atoms with Crippen molar-refractivity contribution in [2.45, 2.75) is 26.8 Å². The van der Waals surface area contributed by atoms with Gasteiger partial charge in [-0.1, -0.05) is 13.0 Å². The molecule has 2 aromatic carbocycles. The zero-order valence-electron chi connectivity index (χ0n) is 12.2. The molecule has 0 bridgehead atoms. The third kappa shape index (κ3) is 2.27.